The SMILES string of the molecule is COC(=O)/C(=C(\N)c1ccc2ccccc2c1)n1nnc2ccccc21. The number of methoxy groups -OCH3 is 1. The van der Waals surface area contributed by atoms with Gasteiger partial charge in [0.05, 0.1) is 18.3 Å². The third kappa shape index (κ3) is 2.57. The number of carbonyl (C=O) groups is 1. The highest BCUT2D eigenvalue weighted by Crippen LogP contribution is 2.25. The van der Waals surface area contributed by atoms with Crippen LogP contribution in [0.25, 0.3) is 33.2 Å². The molecule has 0 spiro atoms. The molecule has 0 aliphatic rings. The molecule has 0 radical (unpaired) electrons. The van der Waals surface area contributed by atoms with E-state index in [-0.39, 0.29) is 11.4 Å². The molecule has 0 aliphatic carbocycles. The second kappa shape index (κ2) is 6.33. The highest BCUT2D eigenvalue weighted by atomic mass is 16.5. The average molecular weight is 344 g/mol. The van der Waals surface area contributed by atoms with Crippen LogP contribution in [0.1, 0.15) is 5.56 Å². The molecule has 0 fully saturated rings. The molecule has 128 valence electrons. The standard InChI is InChI=1S/C20H16N4O2/c1-26-20(25)19(24-17-9-5-4-8-16(17)22-23-24)18(21)15-11-10-13-6-2-3-7-14(13)12-15/h2-12H,21H2,1H3/b19-18+. The van der Waals surface area contributed by atoms with Crippen molar-refractivity contribution in [3.8, 4) is 0 Å². The Hall–Kier alpha value is -3.67. The molecule has 4 rings (SSSR count). The van der Waals surface area contributed by atoms with Crippen LogP contribution >= 0.6 is 0 Å². The van der Waals surface area contributed by atoms with Crippen LogP contribution in [0.15, 0.2) is 66.7 Å². The first-order valence-electron chi connectivity index (χ1n) is 8.07. The maximum Gasteiger partial charge on any atom is 0.358 e. The smallest absolute Gasteiger partial charge is 0.358 e. The van der Waals surface area contributed by atoms with Crippen molar-refractivity contribution >= 4 is 39.2 Å². The number of rotatable bonds is 3. The Balaban J connectivity index is 1.96. The van der Waals surface area contributed by atoms with Crippen LogP contribution in [0.2, 0.25) is 0 Å². The summed E-state index contributed by atoms with van der Waals surface area (Å²) in [5.41, 5.74) is 8.85. The van der Waals surface area contributed by atoms with Gasteiger partial charge in [0.15, 0.2) is 5.70 Å². The summed E-state index contributed by atoms with van der Waals surface area (Å²) < 4.78 is 6.37. The number of aromatic nitrogens is 3. The van der Waals surface area contributed by atoms with E-state index >= 15 is 0 Å². The van der Waals surface area contributed by atoms with E-state index in [1.54, 1.807) is 0 Å². The van der Waals surface area contributed by atoms with Gasteiger partial charge in [-0.3, -0.25) is 0 Å². The van der Waals surface area contributed by atoms with E-state index in [0.29, 0.717) is 16.6 Å². The molecule has 0 saturated carbocycles. The maximum absolute atomic E-state index is 12.5. The summed E-state index contributed by atoms with van der Waals surface area (Å²) in [7, 11) is 1.31. The molecule has 0 saturated heterocycles. The number of fused-ring (bicyclic) bond motifs is 2. The second-order valence-corrected chi connectivity index (χ2v) is 5.81. The predicted octanol–water partition coefficient (Wildman–Crippen LogP) is 3.04. The quantitative estimate of drug-likeness (QED) is 0.456. The fourth-order valence-corrected chi connectivity index (χ4v) is 2.93. The summed E-state index contributed by atoms with van der Waals surface area (Å²) in [6.45, 7) is 0. The highest BCUT2D eigenvalue weighted by Gasteiger charge is 2.21. The predicted molar refractivity (Wildman–Crippen MR) is 101 cm³/mol. The molecule has 0 unspecified atom stereocenters. The second-order valence-electron chi connectivity index (χ2n) is 5.81. The van der Waals surface area contributed by atoms with E-state index in [4.69, 9.17) is 10.5 Å². The number of hydrogen-bond donors (Lipinski definition) is 1. The molecule has 0 amide bonds. The van der Waals surface area contributed by atoms with Gasteiger partial charge in [-0.25, -0.2) is 9.48 Å². The van der Waals surface area contributed by atoms with Gasteiger partial charge in [0, 0.05) is 5.56 Å². The Kier molecular flexibility index (Phi) is 3.85. The Bertz CT molecular complexity index is 1160. The van der Waals surface area contributed by atoms with Crippen LogP contribution in [-0.4, -0.2) is 28.1 Å². The van der Waals surface area contributed by atoms with Crippen molar-refractivity contribution in [1.82, 2.24) is 15.0 Å². The third-order valence-corrected chi connectivity index (χ3v) is 4.26. The molecule has 2 N–H and O–H groups in total. The largest absolute Gasteiger partial charge is 0.464 e. The zero-order chi connectivity index (χ0) is 18.1. The first-order valence-corrected chi connectivity index (χ1v) is 8.07. The Morgan fingerprint density at radius 1 is 1.00 bits per heavy atom. The number of nitrogens with two attached hydrogens (primary N) is 1. The summed E-state index contributed by atoms with van der Waals surface area (Å²) in [4.78, 5) is 12.5. The molecule has 6 heteroatoms. The van der Waals surface area contributed by atoms with Gasteiger partial charge in [-0.05, 0) is 29.0 Å². The van der Waals surface area contributed by atoms with E-state index in [1.807, 2.05) is 66.7 Å². The van der Waals surface area contributed by atoms with Crippen LogP contribution in [0.4, 0.5) is 0 Å². The van der Waals surface area contributed by atoms with Crippen LogP contribution in [0.3, 0.4) is 0 Å². The number of benzene rings is 3. The Morgan fingerprint density at radius 2 is 1.73 bits per heavy atom. The lowest BCUT2D eigenvalue weighted by Gasteiger charge is -2.11. The normalized spacial score (nSPS) is 12.2. The van der Waals surface area contributed by atoms with Crippen LogP contribution in [0.5, 0.6) is 0 Å². The van der Waals surface area contributed by atoms with E-state index in [1.165, 1.54) is 11.8 Å². The maximum atomic E-state index is 12.5. The van der Waals surface area contributed by atoms with Crippen LogP contribution in [-0.2, 0) is 9.53 Å². The zero-order valence-corrected chi connectivity index (χ0v) is 14.1. The lowest BCUT2D eigenvalue weighted by Crippen LogP contribution is -2.17. The number of nitrogens with zero attached hydrogens (tertiary/aromatic N) is 3. The number of para-hydroxylation sites is 1. The molecule has 0 aliphatic heterocycles. The van der Waals surface area contributed by atoms with E-state index in [0.717, 1.165) is 10.8 Å². The lowest BCUT2D eigenvalue weighted by molar-refractivity contribution is -0.134. The first kappa shape index (κ1) is 15.8. The molecule has 4 aromatic rings. The van der Waals surface area contributed by atoms with Crippen molar-refractivity contribution in [3.05, 3.63) is 72.3 Å². The topological polar surface area (TPSA) is 83.0 Å². The van der Waals surface area contributed by atoms with Crippen LogP contribution in [0, 0.1) is 0 Å². The minimum atomic E-state index is -0.577. The van der Waals surface area contributed by atoms with Crippen molar-refractivity contribution < 1.29 is 9.53 Å². The number of carbonyl (C=O) groups excluding carboxylic acids is 1. The molecule has 26 heavy (non-hydrogen) atoms. The lowest BCUT2D eigenvalue weighted by atomic mass is 10.0. The molecule has 1 aromatic heterocycles. The molecular weight excluding hydrogens is 328 g/mol. The molecule has 1 heterocycles. The van der Waals surface area contributed by atoms with Crippen molar-refractivity contribution in [1.29, 1.82) is 0 Å². The molecule has 6 nitrogen and oxygen atoms in total. The number of ether oxygens (including phenoxy) is 1. The summed E-state index contributed by atoms with van der Waals surface area (Å²) >= 11 is 0. The highest BCUT2D eigenvalue weighted by molar-refractivity contribution is 6.19. The van der Waals surface area contributed by atoms with E-state index < -0.39 is 5.97 Å². The van der Waals surface area contributed by atoms with Crippen molar-refractivity contribution in [2.45, 2.75) is 0 Å². The fourth-order valence-electron chi connectivity index (χ4n) is 2.93. The van der Waals surface area contributed by atoms with E-state index in [2.05, 4.69) is 10.3 Å². The van der Waals surface area contributed by atoms with Gasteiger partial charge in [0.2, 0.25) is 0 Å². The van der Waals surface area contributed by atoms with Crippen molar-refractivity contribution in [2.75, 3.05) is 7.11 Å². The Labute approximate surface area is 149 Å². The average Bonchev–Trinajstić information content (AvgIpc) is 3.11. The molecular formula is C20H16N4O2. The molecule has 3 aromatic carbocycles. The molecule has 0 bridgehead atoms. The summed E-state index contributed by atoms with van der Waals surface area (Å²) in [6.07, 6.45) is 0. The third-order valence-electron chi connectivity index (χ3n) is 4.26. The number of hydrogen-bond acceptors (Lipinski definition) is 5. The van der Waals surface area contributed by atoms with Gasteiger partial charge in [0.1, 0.15) is 5.52 Å². The Morgan fingerprint density at radius 3 is 2.54 bits per heavy atom. The zero-order valence-electron chi connectivity index (χ0n) is 14.1. The van der Waals surface area contributed by atoms with Gasteiger partial charge in [-0.15, -0.1) is 5.10 Å². The fraction of sp³-hybridized carbons (Fsp3) is 0.0500. The van der Waals surface area contributed by atoms with Crippen molar-refractivity contribution in [2.24, 2.45) is 5.73 Å². The van der Waals surface area contributed by atoms with Gasteiger partial charge in [0.25, 0.3) is 0 Å². The van der Waals surface area contributed by atoms with Gasteiger partial charge >= 0.3 is 5.97 Å². The first-order chi connectivity index (χ1) is 12.7. The van der Waals surface area contributed by atoms with E-state index in [9.17, 15) is 4.79 Å². The summed E-state index contributed by atoms with van der Waals surface area (Å²) in [5, 5.41) is 10.3. The van der Waals surface area contributed by atoms with Gasteiger partial charge in [-0.1, -0.05) is 53.7 Å². The summed E-state index contributed by atoms with van der Waals surface area (Å²) in [6, 6.07) is 21.1. The van der Waals surface area contributed by atoms with Crippen LogP contribution < -0.4 is 5.73 Å². The minimum absolute atomic E-state index is 0.136. The van der Waals surface area contributed by atoms with Gasteiger partial charge in [-0.2, -0.15) is 0 Å². The molecule has 0 atom stereocenters. The summed E-state index contributed by atoms with van der Waals surface area (Å²) in [5.74, 6) is -0.577. The van der Waals surface area contributed by atoms with Crippen molar-refractivity contribution in [3.63, 3.8) is 0 Å². The van der Waals surface area contributed by atoms with Gasteiger partial charge < -0.3 is 10.5 Å². The minimum Gasteiger partial charge on any atom is -0.464 e. The number of esters is 1. The monoisotopic (exact) mass is 344 g/mol.